The van der Waals surface area contributed by atoms with Crippen LogP contribution in [0.25, 0.3) is 0 Å². The molecule has 68 valence electrons. The lowest BCUT2D eigenvalue weighted by Gasteiger charge is -2.00. The van der Waals surface area contributed by atoms with Crippen LogP contribution in [0.3, 0.4) is 0 Å². The van der Waals surface area contributed by atoms with Crippen LogP contribution in [0, 0.1) is 0 Å². The van der Waals surface area contributed by atoms with E-state index in [1.54, 1.807) is 0 Å². The van der Waals surface area contributed by atoms with Gasteiger partial charge in [-0.25, -0.2) is 9.59 Å². The lowest BCUT2D eigenvalue weighted by molar-refractivity contribution is 0.0651. The Hall–Kier alpha value is -1.36. The Kier molecular flexibility index (Phi) is 2.67. The summed E-state index contributed by atoms with van der Waals surface area (Å²) in [7, 11) is 0. The first-order valence-electron chi connectivity index (χ1n) is 3.28. The number of rotatable bonds is 2. The van der Waals surface area contributed by atoms with Crippen LogP contribution in [-0.4, -0.2) is 22.2 Å². The standard InChI is InChI=1S/C8H5BrO4/c9-4-1-2-5(7(10)11)6(3-4)8(12)13/h1-3H,(H,10,11)(H,12,13). The third kappa shape index (κ3) is 2.06. The van der Waals surface area contributed by atoms with Crippen molar-refractivity contribution in [1.29, 1.82) is 0 Å². The normalized spacial score (nSPS) is 9.62. The molecular formula is C8H5BrO4. The third-order valence-corrected chi connectivity index (χ3v) is 1.94. The first-order valence-corrected chi connectivity index (χ1v) is 4.08. The maximum absolute atomic E-state index is 10.6. The Morgan fingerprint density at radius 1 is 1.08 bits per heavy atom. The predicted octanol–water partition coefficient (Wildman–Crippen LogP) is 1.85. The fourth-order valence-corrected chi connectivity index (χ4v) is 1.24. The molecule has 0 aliphatic carbocycles. The molecule has 2 N–H and O–H groups in total. The number of halogens is 1. The molecule has 0 heterocycles. The van der Waals surface area contributed by atoms with Crippen molar-refractivity contribution in [2.24, 2.45) is 0 Å². The first-order chi connectivity index (χ1) is 6.02. The molecule has 0 atom stereocenters. The second-order valence-corrected chi connectivity index (χ2v) is 3.22. The number of aromatic carboxylic acids is 2. The topological polar surface area (TPSA) is 74.6 Å². The highest BCUT2D eigenvalue weighted by molar-refractivity contribution is 9.10. The van der Waals surface area contributed by atoms with Gasteiger partial charge in [-0.05, 0) is 18.2 Å². The van der Waals surface area contributed by atoms with Gasteiger partial charge in [-0.2, -0.15) is 0 Å². The van der Waals surface area contributed by atoms with E-state index in [0.29, 0.717) is 4.47 Å². The van der Waals surface area contributed by atoms with Crippen molar-refractivity contribution in [2.75, 3.05) is 0 Å². The summed E-state index contributed by atoms with van der Waals surface area (Å²) in [6.07, 6.45) is 0. The first kappa shape index (κ1) is 9.73. The summed E-state index contributed by atoms with van der Waals surface area (Å²) in [5.74, 6) is -2.50. The lowest BCUT2D eigenvalue weighted by Crippen LogP contribution is -2.07. The maximum atomic E-state index is 10.6. The number of hydrogen-bond donors (Lipinski definition) is 2. The quantitative estimate of drug-likeness (QED) is 0.833. The maximum Gasteiger partial charge on any atom is 0.336 e. The minimum absolute atomic E-state index is 0.212. The highest BCUT2D eigenvalue weighted by Crippen LogP contribution is 2.16. The van der Waals surface area contributed by atoms with Crippen molar-refractivity contribution in [2.45, 2.75) is 0 Å². The molecule has 1 rings (SSSR count). The molecule has 0 spiro atoms. The highest BCUT2D eigenvalue weighted by atomic mass is 79.9. The van der Waals surface area contributed by atoms with Gasteiger partial charge in [0.15, 0.2) is 0 Å². The molecule has 0 aliphatic rings. The molecule has 13 heavy (non-hydrogen) atoms. The van der Waals surface area contributed by atoms with Crippen molar-refractivity contribution < 1.29 is 19.8 Å². The van der Waals surface area contributed by atoms with Crippen LogP contribution in [0.5, 0.6) is 0 Å². The van der Waals surface area contributed by atoms with Crippen LogP contribution in [-0.2, 0) is 0 Å². The summed E-state index contributed by atoms with van der Waals surface area (Å²) in [6.45, 7) is 0. The fourth-order valence-electron chi connectivity index (χ4n) is 0.880. The van der Waals surface area contributed by atoms with E-state index in [1.165, 1.54) is 18.2 Å². The Morgan fingerprint density at radius 3 is 2.08 bits per heavy atom. The molecule has 0 fully saturated rings. The average Bonchev–Trinajstić information content (AvgIpc) is 2.03. The number of carboxylic acid groups (broad SMARTS) is 2. The van der Waals surface area contributed by atoms with Crippen LogP contribution in [0.2, 0.25) is 0 Å². The molecule has 4 nitrogen and oxygen atoms in total. The molecule has 0 bridgehead atoms. The smallest absolute Gasteiger partial charge is 0.336 e. The van der Waals surface area contributed by atoms with Gasteiger partial charge in [0, 0.05) is 4.47 Å². The van der Waals surface area contributed by atoms with E-state index >= 15 is 0 Å². The van der Waals surface area contributed by atoms with Gasteiger partial charge in [0.2, 0.25) is 0 Å². The molecule has 5 heteroatoms. The van der Waals surface area contributed by atoms with Gasteiger partial charge in [-0.15, -0.1) is 0 Å². The molecule has 0 aliphatic heterocycles. The molecular weight excluding hydrogens is 240 g/mol. The summed E-state index contributed by atoms with van der Waals surface area (Å²) in [6, 6.07) is 3.98. The average molecular weight is 245 g/mol. The number of carbonyl (C=O) groups is 2. The van der Waals surface area contributed by atoms with E-state index in [2.05, 4.69) is 15.9 Å². The van der Waals surface area contributed by atoms with Crippen LogP contribution in [0.1, 0.15) is 20.7 Å². The van der Waals surface area contributed by atoms with Crippen molar-refractivity contribution in [3.05, 3.63) is 33.8 Å². The largest absolute Gasteiger partial charge is 0.478 e. The second kappa shape index (κ2) is 3.57. The third-order valence-electron chi connectivity index (χ3n) is 1.44. The number of carboxylic acids is 2. The van der Waals surface area contributed by atoms with Crippen molar-refractivity contribution in [3.63, 3.8) is 0 Å². The summed E-state index contributed by atoms with van der Waals surface area (Å²) in [5, 5.41) is 17.3. The summed E-state index contributed by atoms with van der Waals surface area (Å²) in [5.41, 5.74) is -0.433. The monoisotopic (exact) mass is 244 g/mol. The Morgan fingerprint density at radius 2 is 1.62 bits per heavy atom. The van der Waals surface area contributed by atoms with E-state index in [1.807, 2.05) is 0 Å². The molecule has 0 radical (unpaired) electrons. The van der Waals surface area contributed by atoms with E-state index < -0.39 is 11.9 Å². The van der Waals surface area contributed by atoms with Crippen LogP contribution in [0.15, 0.2) is 22.7 Å². The minimum Gasteiger partial charge on any atom is -0.478 e. The zero-order valence-electron chi connectivity index (χ0n) is 6.32. The Labute approximate surface area is 81.9 Å². The molecule has 0 saturated carbocycles. The van der Waals surface area contributed by atoms with Gasteiger partial charge < -0.3 is 10.2 Å². The zero-order chi connectivity index (χ0) is 10.0. The lowest BCUT2D eigenvalue weighted by atomic mass is 10.1. The second-order valence-electron chi connectivity index (χ2n) is 2.30. The zero-order valence-corrected chi connectivity index (χ0v) is 7.91. The number of benzene rings is 1. The molecule has 1 aromatic rings. The molecule has 1 aromatic carbocycles. The summed E-state index contributed by atoms with van der Waals surface area (Å²) >= 11 is 3.06. The summed E-state index contributed by atoms with van der Waals surface area (Å²) < 4.78 is 0.537. The van der Waals surface area contributed by atoms with Crippen molar-refractivity contribution in [1.82, 2.24) is 0 Å². The highest BCUT2D eigenvalue weighted by Gasteiger charge is 2.15. The van der Waals surface area contributed by atoms with Gasteiger partial charge in [0.25, 0.3) is 0 Å². The van der Waals surface area contributed by atoms with E-state index in [0.717, 1.165) is 0 Å². The van der Waals surface area contributed by atoms with Gasteiger partial charge in [-0.1, -0.05) is 15.9 Å². The van der Waals surface area contributed by atoms with Gasteiger partial charge in [0.1, 0.15) is 0 Å². The van der Waals surface area contributed by atoms with Crippen LogP contribution in [0.4, 0.5) is 0 Å². The Bertz CT molecular complexity index is 372. The predicted molar refractivity (Wildman–Crippen MR) is 48.1 cm³/mol. The van der Waals surface area contributed by atoms with Crippen molar-refractivity contribution in [3.8, 4) is 0 Å². The SMILES string of the molecule is O=C(O)c1ccc(Br)cc1C(=O)O. The van der Waals surface area contributed by atoms with E-state index in [4.69, 9.17) is 10.2 Å². The molecule has 0 amide bonds. The van der Waals surface area contributed by atoms with Crippen molar-refractivity contribution >= 4 is 27.9 Å². The Balaban J connectivity index is 3.35. The minimum atomic E-state index is -1.25. The van der Waals surface area contributed by atoms with E-state index in [9.17, 15) is 9.59 Å². The summed E-state index contributed by atoms with van der Waals surface area (Å²) in [4.78, 5) is 21.2. The molecule has 0 unspecified atom stereocenters. The van der Waals surface area contributed by atoms with Gasteiger partial charge in [0.05, 0.1) is 11.1 Å². The van der Waals surface area contributed by atoms with Crippen LogP contribution >= 0.6 is 15.9 Å². The molecule has 0 saturated heterocycles. The fraction of sp³-hybridized carbons (Fsp3) is 0. The van der Waals surface area contributed by atoms with Crippen LogP contribution < -0.4 is 0 Å². The van der Waals surface area contributed by atoms with Gasteiger partial charge >= 0.3 is 11.9 Å². The van der Waals surface area contributed by atoms with E-state index in [-0.39, 0.29) is 11.1 Å². The molecule has 0 aromatic heterocycles. The number of hydrogen-bond acceptors (Lipinski definition) is 2. The van der Waals surface area contributed by atoms with Gasteiger partial charge in [-0.3, -0.25) is 0 Å².